The van der Waals surface area contributed by atoms with Gasteiger partial charge in [0.25, 0.3) is 0 Å². The smallest absolute Gasteiger partial charge is 0.382 e. The van der Waals surface area contributed by atoms with Crippen LogP contribution >= 0.6 is 11.6 Å². The summed E-state index contributed by atoms with van der Waals surface area (Å²) in [5.74, 6) is -0.536. The van der Waals surface area contributed by atoms with Gasteiger partial charge in [-0.1, -0.05) is 6.42 Å². The zero-order valence-electron chi connectivity index (χ0n) is 10.8. The van der Waals surface area contributed by atoms with Crippen LogP contribution in [-0.2, 0) is 6.18 Å². The maximum Gasteiger partial charge on any atom is 0.416 e. The summed E-state index contributed by atoms with van der Waals surface area (Å²) in [7, 11) is 0. The molecule has 1 aromatic carbocycles. The lowest BCUT2D eigenvalue weighted by Gasteiger charge is -2.26. The van der Waals surface area contributed by atoms with Crippen molar-refractivity contribution in [3.8, 4) is 0 Å². The Morgan fingerprint density at radius 1 is 1.25 bits per heavy atom. The number of alkyl halides is 4. The Morgan fingerprint density at radius 3 is 2.60 bits per heavy atom. The second-order valence-corrected chi connectivity index (χ2v) is 5.82. The number of anilines is 1. The molecular weight excluding hydrogens is 294 g/mol. The Hall–Kier alpha value is -0.970. The number of benzene rings is 1. The molecule has 1 fully saturated rings. The van der Waals surface area contributed by atoms with Gasteiger partial charge in [0.2, 0.25) is 0 Å². The molecule has 1 aromatic rings. The molecule has 0 spiro atoms. The average Bonchev–Trinajstić information content (AvgIpc) is 2.36. The fourth-order valence-corrected chi connectivity index (χ4v) is 2.91. The first-order valence-corrected chi connectivity index (χ1v) is 7.04. The summed E-state index contributed by atoms with van der Waals surface area (Å²) >= 11 is 6.07. The molecule has 0 radical (unpaired) electrons. The van der Waals surface area contributed by atoms with E-state index in [0.29, 0.717) is 18.5 Å². The second kappa shape index (κ2) is 6.20. The SMILES string of the molecule is Fc1cc(C(F)(F)F)ccc1NCC1CCCC(Cl)C1. The third-order valence-corrected chi connectivity index (χ3v) is 3.99. The molecule has 2 rings (SSSR count). The molecule has 0 aromatic heterocycles. The van der Waals surface area contributed by atoms with E-state index in [1.165, 1.54) is 0 Å². The van der Waals surface area contributed by atoms with E-state index in [9.17, 15) is 17.6 Å². The quantitative estimate of drug-likeness (QED) is 0.608. The lowest BCUT2D eigenvalue weighted by Crippen LogP contribution is -2.22. The first kappa shape index (κ1) is 15.4. The molecule has 20 heavy (non-hydrogen) atoms. The molecule has 2 unspecified atom stereocenters. The lowest BCUT2D eigenvalue weighted by molar-refractivity contribution is -0.137. The van der Waals surface area contributed by atoms with E-state index in [1.807, 2.05) is 0 Å². The van der Waals surface area contributed by atoms with Crippen molar-refractivity contribution >= 4 is 17.3 Å². The molecule has 1 N–H and O–H groups in total. The number of hydrogen-bond donors (Lipinski definition) is 1. The van der Waals surface area contributed by atoms with Gasteiger partial charge in [0, 0.05) is 11.9 Å². The van der Waals surface area contributed by atoms with E-state index in [4.69, 9.17) is 11.6 Å². The van der Waals surface area contributed by atoms with Crippen LogP contribution in [0.4, 0.5) is 23.2 Å². The summed E-state index contributed by atoms with van der Waals surface area (Å²) in [5.41, 5.74) is -0.867. The van der Waals surface area contributed by atoms with Gasteiger partial charge >= 0.3 is 6.18 Å². The minimum Gasteiger partial charge on any atom is -0.382 e. The molecule has 1 aliphatic rings. The van der Waals surface area contributed by atoms with Crippen molar-refractivity contribution in [2.45, 2.75) is 37.2 Å². The zero-order valence-corrected chi connectivity index (χ0v) is 11.6. The van der Waals surface area contributed by atoms with Crippen LogP contribution in [0.3, 0.4) is 0 Å². The predicted molar refractivity (Wildman–Crippen MR) is 71.5 cm³/mol. The summed E-state index contributed by atoms with van der Waals surface area (Å²) < 4.78 is 50.9. The molecule has 6 heteroatoms. The third kappa shape index (κ3) is 4.01. The molecular formula is C14H16ClF4N. The highest BCUT2D eigenvalue weighted by Gasteiger charge is 2.31. The third-order valence-electron chi connectivity index (χ3n) is 3.60. The summed E-state index contributed by atoms with van der Waals surface area (Å²) in [6, 6.07) is 2.54. The van der Waals surface area contributed by atoms with E-state index in [-0.39, 0.29) is 11.1 Å². The molecule has 1 saturated carbocycles. The summed E-state index contributed by atoms with van der Waals surface area (Å²) in [6.45, 7) is 0.533. The van der Waals surface area contributed by atoms with Crippen LogP contribution in [0, 0.1) is 11.7 Å². The normalized spacial score (nSPS) is 23.6. The van der Waals surface area contributed by atoms with Crippen LogP contribution < -0.4 is 5.32 Å². The Labute approximate surface area is 120 Å². The Bertz CT molecular complexity index is 461. The van der Waals surface area contributed by atoms with Crippen LogP contribution in [0.5, 0.6) is 0 Å². The van der Waals surface area contributed by atoms with Crippen LogP contribution in [-0.4, -0.2) is 11.9 Å². The zero-order chi connectivity index (χ0) is 14.8. The minimum atomic E-state index is -4.52. The maximum atomic E-state index is 13.6. The van der Waals surface area contributed by atoms with Crippen molar-refractivity contribution < 1.29 is 17.6 Å². The van der Waals surface area contributed by atoms with E-state index in [0.717, 1.165) is 37.8 Å². The fraction of sp³-hybridized carbons (Fsp3) is 0.571. The average molecular weight is 310 g/mol. The molecule has 0 bridgehead atoms. The Kier molecular flexibility index (Phi) is 4.78. The van der Waals surface area contributed by atoms with Gasteiger partial charge < -0.3 is 5.32 Å². The number of rotatable bonds is 3. The molecule has 2 atom stereocenters. The van der Waals surface area contributed by atoms with E-state index in [2.05, 4.69) is 5.32 Å². The van der Waals surface area contributed by atoms with Crippen molar-refractivity contribution in [3.63, 3.8) is 0 Å². The van der Waals surface area contributed by atoms with Crippen molar-refractivity contribution in [2.24, 2.45) is 5.92 Å². The highest BCUT2D eigenvalue weighted by molar-refractivity contribution is 6.20. The van der Waals surface area contributed by atoms with E-state index in [1.54, 1.807) is 0 Å². The second-order valence-electron chi connectivity index (χ2n) is 5.20. The Morgan fingerprint density at radius 2 is 2.00 bits per heavy atom. The summed E-state index contributed by atoms with van der Waals surface area (Å²) in [4.78, 5) is 0. The predicted octanol–water partition coefficient (Wildman–Crippen LogP) is 5.05. The van der Waals surface area contributed by atoms with Gasteiger partial charge in [-0.05, 0) is 43.4 Å². The van der Waals surface area contributed by atoms with Crippen molar-refractivity contribution in [2.75, 3.05) is 11.9 Å². The molecule has 0 saturated heterocycles. The molecule has 0 amide bonds. The summed E-state index contributed by atoms with van der Waals surface area (Å²) in [5, 5.41) is 3.03. The van der Waals surface area contributed by atoms with Crippen molar-refractivity contribution in [1.82, 2.24) is 0 Å². The standard InChI is InChI=1S/C14H16ClF4N/c15-11-3-1-2-9(6-11)8-20-13-5-4-10(7-12(13)16)14(17,18)19/h4-5,7,9,11,20H,1-3,6,8H2. The first-order valence-electron chi connectivity index (χ1n) is 6.61. The van der Waals surface area contributed by atoms with Gasteiger partial charge in [-0.25, -0.2) is 4.39 Å². The lowest BCUT2D eigenvalue weighted by atomic mass is 9.89. The van der Waals surface area contributed by atoms with Crippen LogP contribution in [0.15, 0.2) is 18.2 Å². The van der Waals surface area contributed by atoms with Gasteiger partial charge in [-0.3, -0.25) is 0 Å². The number of hydrogen-bond acceptors (Lipinski definition) is 1. The number of halogens is 5. The van der Waals surface area contributed by atoms with Crippen LogP contribution in [0.1, 0.15) is 31.2 Å². The maximum absolute atomic E-state index is 13.6. The molecule has 1 aliphatic carbocycles. The molecule has 1 nitrogen and oxygen atoms in total. The van der Waals surface area contributed by atoms with E-state index >= 15 is 0 Å². The fourth-order valence-electron chi connectivity index (χ4n) is 2.50. The topological polar surface area (TPSA) is 12.0 Å². The highest BCUT2D eigenvalue weighted by Crippen LogP contribution is 2.32. The minimum absolute atomic E-state index is 0.106. The van der Waals surface area contributed by atoms with Crippen LogP contribution in [0.25, 0.3) is 0 Å². The van der Waals surface area contributed by atoms with Crippen LogP contribution in [0.2, 0.25) is 0 Å². The van der Waals surface area contributed by atoms with Crippen molar-refractivity contribution in [1.29, 1.82) is 0 Å². The van der Waals surface area contributed by atoms with Gasteiger partial charge in [0.15, 0.2) is 0 Å². The Balaban J connectivity index is 1.96. The highest BCUT2D eigenvalue weighted by atomic mass is 35.5. The van der Waals surface area contributed by atoms with Gasteiger partial charge in [-0.2, -0.15) is 13.2 Å². The van der Waals surface area contributed by atoms with E-state index < -0.39 is 17.6 Å². The van der Waals surface area contributed by atoms with Gasteiger partial charge in [0.1, 0.15) is 5.82 Å². The molecule has 0 heterocycles. The van der Waals surface area contributed by atoms with Gasteiger partial charge in [-0.15, -0.1) is 11.6 Å². The molecule has 112 valence electrons. The first-order chi connectivity index (χ1) is 9.36. The van der Waals surface area contributed by atoms with Crippen molar-refractivity contribution in [3.05, 3.63) is 29.6 Å². The number of nitrogens with one attached hydrogen (secondary N) is 1. The monoisotopic (exact) mass is 309 g/mol. The van der Waals surface area contributed by atoms with Gasteiger partial charge in [0.05, 0.1) is 11.3 Å². The largest absolute Gasteiger partial charge is 0.416 e. The molecule has 0 aliphatic heterocycles. The summed E-state index contributed by atoms with van der Waals surface area (Å²) in [6.07, 6.45) is -0.618.